The van der Waals surface area contributed by atoms with Gasteiger partial charge in [0, 0.05) is 19.3 Å². The molecule has 6 nitrogen and oxygen atoms in total. The van der Waals surface area contributed by atoms with Gasteiger partial charge in [0.2, 0.25) is 0 Å². The number of rotatable bonds is 59. The molecule has 0 aliphatic carbocycles. The van der Waals surface area contributed by atoms with E-state index in [1.54, 1.807) is 0 Å². The van der Waals surface area contributed by atoms with Gasteiger partial charge < -0.3 is 14.2 Å². The second-order valence-electron chi connectivity index (χ2n) is 21.6. The van der Waals surface area contributed by atoms with Gasteiger partial charge in [0.25, 0.3) is 0 Å². The van der Waals surface area contributed by atoms with Crippen molar-refractivity contribution in [2.75, 3.05) is 13.2 Å². The van der Waals surface area contributed by atoms with Crippen LogP contribution in [0.25, 0.3) is 0 Å². The summed E-state index contributed by atoms with van der Waals surface area (Å²) in [6.45, 7) is 6.51. The molecule has 74 heavy (non-hydrogen) atoms. The Hall–Kier alpha value is -2.89. The molecule has 1 atom stereocenters. The summed E-state index contributed by atoms with van der Waals surface area (Å²) in [7, 11) is 0. The summed E-state index contributed by atoms with van der Waals surface area (Å²) in [5, 5.41) is 0. The fourth-order valence-corrected chi connectivity index (χ4v) is 9.43. The summed E-state index contributed by atoms with van der Waals surface area (Å²) in [5.74, 6) is -0.884. The largest absolute Gasteiger partial charge is 0.462 e. The standard InChI is InChI=1S/C68H122O6/c1-4-7-10-13-16-19-21-23-25-26-27-28-29-30-31-32-33-34-35-36-37-38-39-40-41-42-44-45-47-49-52-55-58-61-67(70)73-64-65(63-72-66(69)60-57-54-51-18-15-12-9-6-3)74-68(71)62-59-56-53-50-48-46-43-24-22-20-17-14-11-8-5-2/h8,11,17,20-21,23-24,26-27,43,65H,4-7,9-10,12-16,18-19,22,25,28-42,44-64H2,1-3H3/b11-8-,20-17-,23-21-,27-26-,43-24-. The number of carbonyl (C=O) groups excluding carboxylic acids is 3. The van der Waals surface area contributed by atoms with Crippen LogP contribution in [-0.2, 0) is 28.6 Å². The van der Waals surface area contributed by atoms with Gasteiger partial charge in [0.05, 0.1) is 0 Å². The third-order valence-corrected chi connectivity index (χ3v) is 14.3. The molecular weight excluding hydrogens is 913 g/mol. The molecule has 0 spiro atoms. The molecule has 0 aliphatic rings. The molecule has 0 N–H and O–H groups in total. The molecule has 0 aromatic heterocycles. The molecule has 1 unspecified atom stereocenters. The van der Waals surface area contributed by atoms with Crippen molar-refractivity contribution in [1.29, 1.82) is 0 Å². The van der Waals surface area contributed by atoms with Crippen molar-refractivity contribution in [3.05, 3.63) is 60.8 Å². The van der Waals surface area contributed by atoms with Crippen molar-refractivity contribution in [1.82, 2.24) is 0 Å². The minimum atomic E-state index is -0.779. The number of unbranched alkanes of at least 4 members (excludes halogenated alkanes) is 38. The highest BCUT2D eigenvalue weighted by Gasteiger charge is 2.19. The first-order valence-corrected chi connectivity index (χ1v) is 32.3. The number of ether oxygens (including phenoxy) is 3. The Morgan fingerprint density at radius 1 is 0.284 bits per heavy atom. The number of hydrogen-bond acceptors (Lipinski definition) is 6. The van der Waals surface area contributed by atoms with Crippen molar-refractivity contribution < 1.29 is 28.6 Å². The van der Waals surface area contributed by atoms with E-state index in [1.165, 1.54) is 193 Å². The predicted molar refractivity (Wildman–Crippen MR) is 321 cm³/mol. The van der Waals surface area contributed by atoms with Gasteiger partial charge in [-0.2, -0.15) is 0 Å². The highest BCUT2D eigenvalue weighted by atomic mass is 16.6. The van der Waals surface area contributed by atoms with E-state index in [0.717, 1.165) is 103 Å². The quantitative estimate of drug-likeness (QED) is 0.0261. The van der Waals surface area contributed by atoms with E-state index in [0.29, 0.717) is 19.3 Å². The minimum absolute atomic E-state index is 0.0773. The third-order valence-electron chi connectivity index (χ3n) is 14.3. The zero-order chi connectivity index (χ0) is 53.6. The average molecular weight is 1040 g/mol. The highest BCUT2D eigenvalue weighted by Crippen LogP contribution is 2.17. The zero-order valence-corrected chi connectivity index (χ0v) is 49.4. The Labute approximate surface area is 460 Å². The summed E-state index contributed by atoms with van der Waals surface area (Å²) < 4.78 is 16.8. The summed E-state index contributed by atoms with van der Waals surface area (Å²) in [4.78, 5) is 38.0. The third kappa shape index (κ3) is 60.0. The first-order chi connectivity index (χ1) is 36.5. The van der Waals surface area contributed by atoms with E-state index in [2.05, 4.69) is 81.5 Å². The molecule has 0 bridgehead atoms. The first kappa shape index (κ1) is 71.1. The molecule has 0 fully saturated rings. The zero-order valence-electron chi connectivity index (χ0n) is 49.4. The molecule has 0 amide bonds. The van der Waals surface area contributed by atoms with Crippen molar-refractivity contribution in [2.24, 2.45) is 0 Å². The van der Waals surface area contributed by atoms with Crippen molar-refractivity contribution >= 4 is 17.9 Å². The van der Waals surface area contributed by atoms with Gasteiger partial charge in [0.1, 0.15) is 13.2 Å². The smallest absolute Gasteiger partial charge is 0.306 e. The van der Waals surface area contributed by atoms with Crippen LogP contribution < -0.4 is 0 Å². The van der Waals surface area contributed by atoms with Gasteiger partial charge >= 0.3 is 17.9 Å². The van der Waals surface area contributed by atoms with Crippen molar-refractivity contribution in [3.63, 3.8) is 0 Å². The maximum absolute atomic E-state index is 12.8. The van der Waals surface area contributed by atoms with Crippen LogP contribution >= 0.6 is 0 Å². The molecule has 0 aliphatic heterocycles. The fraction of sp³-hybridized carbons (Fsp3) is 0.809. The van der Waals surface area contributed by atoms with Gasteiger partial charge in [-0.15, -0.1) is 0 Å². The summed E-state index contributed by atoms with van der Waals surface area (Å²) >= 11 is 0. The van der Waals surface area contributed by atoms with Gasteiger partial charge in [-0.1, -0.05) is 293 Å². The Morgan fingerprint density at radius 2 is 0.527 bits per heavy atom. The van der Waals surface area contributed by atoms with E-state index in [9.17, 15) is 14.4 Å². The first-order valence-electron chi connectivity index (χ1n) is 32.3. The lowest BCUT2D eigenvalue weighted by Gasteiger charge is -2.18. The van der Waals surface area contributed by atoms with Crippen LogP contribution in [0.15, 0.2) is 60.8 Å². The molecule has 430 valence electrons. The Morgan fingerprint density at radius 3 is 0.824 bits per heavy atom. The summed E-state index contributed by atoms with van der Waals surface area (Å²) in [6.07, 6.45) is 79.8. The van der Waals surface area contributed by atoms with Crippen LogP contribution in [0.5, 0.6) is 0 Å². The number of hydrogen-bond donors (Lipinski definition) is 0. The maximum atomic E-state index is 12.8. The van der Waals surface area contributed by atoms with E-state index in [4.69, 9.17) is 14.2 Å². The van der Waals surface area contributed by atoms with Crippen LogP contribution in [0.3, 0.4) is 0 Å². The molecular formula is C68H122O6. The molecule has 0 rings (SSSR count). The number of carbonyl (C=O) groups is 3. The second kappa shape index (κ2) is 62.6. The lowest BCUT2D eigenvalue weighted by atomic mass is 10.0. The van der Waals surface area contributed by atoms with Crippen LogP contribution in [0.4, 0.5) is 0 Å². The van der Waals surface area contributed by atoms with Crippen LogP contribution in [0, 0.1) is 0 Å². The molecule has 0 radical (unpaired) electrons. The van der Waals surface area contributed by atoms with Crippen molar-refractivity contribution in [2.45, 2.75) is 341 Å². The molecule has 0 saturated heterocycles. The minimum Gasteiger partial charge on any atom is -0.462 e. The molecule has 0 heterocycles. The van der Waals surface area contributed by atoms with E-state index in [1.807, 2.05) is 0 Å². The normalized spacial score (nSPS) is 12.4. The van der Waals surface area contributed by atoms with Crippen molar-refractivity contribution in [3.8, 4) is 0 Å². The van der Waals surface area contributed by atoms with Crippen LogP contribution in [0.2, 0.25) is 0 Å². The number of allylic oxidation sites excluding steroid dienone is 10. The predicted octanol–water partition coefficient (Wildman–Crippen LogP) is 21.9. The van der Waals surface area contributed by atoms with E-state index in [-0.39, 0.29) is 31.1 Å². The SMILES string of the molecule is CC/C=C\C/C=C\C/C=C\CCCCCCCC(=O)OC(COC(=O)CCCCCCCCCC)COC(=O)CCCCCCCCCCCCCCCCCCCCCCC/C=C\C/C=C\CCCCCCC. The average Bonchev–Trinajstić information content (AvgIpc) is 3.40. The Kier molecular flexibility index (Phi) is 60.2. The molecule has 6 heteroatoms. The van der Waals surface area contributed by atoms with Gasteiger partial charge in [-0.05, 0) is 83.5 Å². The highest BCUT2D eigenvalue weighted by molar-refractivity contribution is 5.71. The van der Waals surface area contributed by atoms with Crippen LogP contribution in [0.1, 0.15) is 335 Å². The number of esters is 3. The van der Waals surface area contributed by atoms with Gasteiger partial charge in [-0.3, -0.25) is 14.4 Å². The van der Waals surface area contributed by atoms with E-state index < -0.39 is 6.10 Å². The van der Waals surface area contributed by atoms with Crippen LogP contribution in [-0.4, -0.2) is 37.2 Å². The van der Waals surface area contributed by atoms with E-state index >= 15 is 0 Å². The summed E-state index contributed by atoms with van der Waals surface area (Å²) in [6, 6.07) is 0. The molecule has 0 aromatic rings. The molecule has 0 aromatic carbocycles. The lowest BCUT2D eigenvalue weighted by molar-refractivity contribution is -0.167. The monoisotopic (exact) mass is 1030 g/mol. The Balaban J connectivity index is 4.00. The Bertz CT molecular complexity index is 1330. The molecule has 0 saturated carbocycles. The topological polar surface area (TPSA) is 78.9 Å². The fourth-order valence-electron chi connectivity index (χ4n) is 9.43. The van der Waals surface area contributed by atoms with Gasteiger partial charge in [-0.25, -0.2) is 0 Å². The van der Waals surface area contributed by atoms with Gasteiger partial charge in [0.15, 0.2) is 6.10 Å². The second-order valence-corrected chi connectivity index (χ2v) is 21.6. The lowest BCUT2D eigenvalue weighted by Crippen LogP contribution is -2.30. The maximum Gasteiger partial charge on any atom is 0.306 e. The summed E-state index contributed by atoms with van der Waals surface area (Å²) in [5.41, 5.74) is 0.